The molecular formula is C14H8Cl2N2O2. The molecule has 0 aliphatic carbocycles. The van der Waals surface area contributed by atoms with Crippen LogP contribution in [0.2, 0.25) is 10.0 Å². The Balaban J connectivity index is 2.36. The Morgan fingerprint density at radius 2 is 2.05 bits per heavy atom. The SMILES string of the molecule is O=C(O)c1cc(Cl)cn1-c1ccc(Cl)c2cccnc12. The van der Waals surface area contributed by atoms with E-state index >= 15 is 0 Å². The van der Waals surface area contributed by atoms with Gasteiger partial charge in [-0.3, -0.25) is 4.98 Å². The highest BCUT2D eigenvalue weighted by molar-refractivity contribution is 6.35. The van der Waals surface area contributed by atoms with Gasteiger partial charge in [-0.1, -0.05) is 23.2 Å². The fourth-order valence-corrected chi connectivity index (χ4v) is 2.53. The topological polar surface area (TPSA) is 55.1 Å². The first-order valence-electron chi connectivity index (χ1n) is 5.72. The molecule has 1 aromatic carbocycles. The van der Waals surface area contributed by atoms with E-state index in [2.05, 4.69) is 4.98 Å². The van der Waals surface area contributed by atoms with Crippen molar-refractivity contribution in [2.75, 3.05) is 0 Å². The zero-order chi connectivity index (χ0) is 14.3. The lowest BCUT2D eigenvalue weighted by molar-refractivity contribution is 0.0688. The van der Waals surface area contributed by atoms with Crippen molar-refractivity contribution in [3.63, 3.8) is 0 Å². The summed E-state index contributed by atoms with van der Waals surface area (Å²) >= 11 is 12.0. The Morgan fingerprint density at radius 1 is 1.25 bits per heavy atom. The minimum atomic E-state index is -1.06. The number of hydrogen-bond acceptors (Lipinski definition) is 2. The van der Waals surface area contributed by atoms with Crippen LogP contribution in [0.3, 0.4) is 0 Å². The second-order valence-electron chi connectivity index (χ2n) is 4.18. The maximum Gasteiger partial charge on any atom is 0.352 e. The zero-order valence-electron chi connectivity index (χ0n) is 10.0. The number of benzene rings is 1. The molecule has 0 amide bonds. The Hall–Kier alpha value is -2.04. The van der Waals surface area contributed by atoms with E-state index < -0.39 is 5.97 Å². The monoisotopic (exact) mass is 306 g/mol. The average molecular weight is 307 g/mol. The van der Waals surface area contributed by atoms with Gasteiger partial charge in [-0.15, -0.1) is 0 Å². The number of carbonyl (C=O) groups is 1. The number of aromatic nitrogens is 2. The maximum absolute atomic E-state index is 11.3. The Bertz CT molecular complexity index is 827. The fraction of sp³-hybridized carbons (Fsp3) is 0. The smallest absolute Gasteiger partial charge is 0.352 e. The predicted molar refractivity (Wildman–Crippen MR) is 78.0 cm³/mol. The zero-order valence-corrected chi connectivity index (χ0v) is 11.6. The summed E-state index contributed by atoms with van der Waals surface area (Å²) in [5.74, 6) is -1.06. The van der Waals surface area contributed by atoms with Crippen LogP contribution in [0.15, 0.2) is 42.7 Å². The molecule has 100 valence electrons. The van der Waals surface area contributed by atoms with Crippen molar-refractivity contribution in [1.82, 2.24) is 9.55 Å². The third kappa shape index (κ3) is 2.03. The van der Waals surface area contributed by atoms with Gasteiger partial charge in [0.15, 0.2) is 0 Å². The first-order valence-corrected chi connectivity index (χ1v) is 6.48. The molecule has 0 unspecified atom stereocenters. The third-order valence-corrected chi connectivity index (χ3v) is 3.50. The van der Waals surface area contributed by atoms with Crippen molar-refractivity contribution in [2.45, 2.75) is 0 Å². The van der Waals surface area contributed by atoms with Gasteiger partial charge < -0.3 is 9.67 Å². The molecule has 0 fully saturated rings. The normalized spacial score (nSPS) is 10.9. The van der Waals surface area contributed by atoms with Crippen LogP contribution in [0.5, 0.6) is 0 Å². The summed E-state index contributed by atoms with van der Waals surface area (Å²) in [4.78, 5) is 15.6. The summed E-state index contributed by atoms with van der Waals surface area (Å²) in [5.41, 5.74) is 1.31. The minimum absolute atomic E-state index is 0.0734. The Kier molecular flexibility index (Phi) is 3.12. The second kappa shape index (κ2) is 4.81. The number of hydrogen-bond donors (Lipinski definition) is 1. The largest absolute Gasteiger partial charge is 0.477 e. The molecule has 0 atom stereocenters. The quantitative estimate of drug-likeness (QED) is 0.777. The van der Waals surface area contributed by atoms with Crippen LogP contribution in [0.1, 0.15) is 10.5 Å². The van der Waals surface area contributed by atoms with Crippen molar-refractivity contribution in [3.8, 4) is 5.69 Å². The van der Waals surface area contributed by atoms with E-state index in [1.165, 1.54) is 10.6 Å². The molecule has 3 aromatic rings. The number of carboxylic acid groups (broad SMARTS) is 1. The third-order valence-electron chi connectivity index (χ3n) is 2.96. The van der Waals surface area contributed by atoms with E-state index in [1.54, 1.807) is 30.6 Å². The number of halogens is 2. The minimum Gasteiger partial charge on any atom is -0.477 e. The highest BCUT2D eigenvalue weighted by atomic mass is 35.5. The first kappa shape index (κ1) is 13.0. The molecule has 2 heterocycles. The van der Waals surface area contributed by atoms with E-state index in [0.717, 1.165) is 5.39 Å². The van der Waals surface area contributed by atoms with Gasteiger partial charge in [-0.2, -0.15) is 0 Å². The van der Waals surface area contributed by atoms with E-state index in [4.69, 9.17) is 23.2 Å². The van der Waals surface area contributed by atoms with Gasteiger partial charge in [0, 0.05) is 17.8 Å². The van der Waals surface area contributed by atoms with Crippen molar-refractivity contribution < 1.29 is 9.90 Å². The molecule has 0 saturated heterocycles. The van der Waals surface area contributed by atoms with Gasteiger partial charge >= 0.3 is 5.97 Å². The fourth-order valence-electron chi connectivity index (χ4n) is 2.11. The average Bonchev–Trinajstić information content (AvgIpc) is 2.82. The van der Waals surface area contributed by atoms with Gasteiger partial charge in [-0.05, 0) is 30.3 Å². The predicted octanol–water partition coefficient (Wildman–Crippen LogP) is 4.03. The van der Waals surface area contributed by atoms with Crippen LogP contribution >= 0.6 is 23.2 Å². The number of rotatable bonds is 2. The first-order chi connectivity index (χ1) is 9.58. The summed E-state index contributed by atoms with van der Waals surface area (Å²) in [6.07, 6.45) is 3.18. The van der Waals surface area contributed by atoms with Gasteiger partial charge in [0.2, 0.25) is 0 Å². The van der Waals surface area contributed by atoms with Crippen molar-refractivity contribution in [1.29, 1.82) is 0 Å². The number of aromatic carboxylic acids is 1. The molecule has 4 nitrogen and oxygen atoms in total. The van der Waals surface area contributed by atoms with Crippen LogP contribution in [0, 0.1) is 0 Å². The highest BCUT2D eigenvalue weighted by Crippen LogP contribution is 2.29. The molecule has 20 heavy (non-hydrogen) atoms. The lowest BCUT2D eigenvalue weighted by atomic mass is 10.2. The van der Waals surface area contributed by atoms with Gasteiger partial charge in [0.1, 0.15) is 5.69 Å². The summed E-state index contributed by atoms with van der Waals surface area (Å²) < 4.78 is 1.50. The maximum atomic E-state index is 11.3. The van der Waals surface area contributed by atoms with Crippen LogP contribution in [0.4, 0.5) is 0 Å². The van der Waals surface area contributed by atoms with Crippen LogP contribution in [-0.4, -0.2) is 20.6 Å². The summed E-state index contributed by atoms with van der Waals surface area (Å²) in [6, 6.07) is 8.44. The lowest BCUT2D eigenvalue weighted by Crippen LogP contribution is -2.06. The molecule has 6 heteroatoms. The molecule has 0 saturated carbocycles. The number of pyridine rings is 1. The number of nitrogens with zero attached hydrogens (tertiary/aromatic N) is 2. The van der Waals surface area contributed by atoms with Crippen molar-refractivity contribution in [2.24, 2.45) is 0 Å². The molecule has 3 rings (SSSR count). The molecular weight excluding hydrogens is 299 g/mol. The van der Waals surface area contributed by atoms with Crippen LogP contribution < -0.4 is 0 Å². The van der Waals surface area contributed by atoms with Crippen LogP contribution in [0.25, 0.3) is 16.6 Å². The summed E-state index contributed by atoms with van der Waals surface area (Å²) in [7, 11) is 0. The second-order valence-corrected chi connectivity index (χ2v) is 5.03. The molecule has 0 aliphatic rings. The lowest BCUT2D eigenvalue weighted by Gasteiger charge is -2.10. The molecule has 0 aliphatic heterocycles. The standard InChI is InChI=1S/C14H8Cl2N2O2/c15-8-6-12(14(19)20)18(7-8)11-4-3-10(16)9-2-1-5-17-13(9)11/h1-7H,(H,19,20). The van der Waals surface area contributed by atoms with E-state index in [0.29, 0.717) is 21.2 Å². The van der Waals surface area contributed by atoms with Gasteiger partial charge in [0.05, 0.1) is 21.2 Å². The molecule has 0 bridgehead atoms. The van der Waals surface area contributed by atoms with E-state index in [1.807, 2.05) is 6.07 Å². The number of carboxylic acids is 1. The van der Waals surface area contributed by atoms with Gasteiger partial charge in [-0.25, -0.2) is 4.79 Å². The number of fused-ring (bicyclic) bond motifs is 1. The van der Waals surface area contributed by atoms with E-state index in [-0.39, 0.29) is 5.69 Å². The van der Waals surface area contributed by atoms with Crippen LogP contribution in [-0.2, 0) is 0 Å². The van der Waals surface area contributed by atoms with E-state index in [9.17, 15) is 9.90 Å². The Morgan fingerprint density at radius 3 is 2.80 bits per heavy atom. The molecule has 0 spiro atoms. The molecule has 2 aromatic heterocycles. The molecule has 0 radical (unpaired) electrons. The van der Waals surface area contributed by atoms with Crippen molar-refractivity contribution in [3.05, 3.63) is 58.5 Å². The molecule has 1 N–H and O–H groups in total. The summed E-state index contributed by atoms with van der Waals surface area (Å²) in [6.45, 7) is 0. The highest BCUT2D eigenvalue weighted by Gasteiger charge is 2.16. The van der Waals surface area contributed by atoms with Gasteiger partial charge in [0.25, 0.3) is 0 Å². The Labute approximate surface area is 124 Å². The van der Waals surface area contributed by atoms with Crippen molar-refractivity contribution >= 4 is 40.1 Å². The summed E-state index contributed by atoms with van der Waals surface area (Å²) in [5, 5.41) is 10.9.